The van der Waals surface area contributed by atoms with E-state index in [4.69, 9.17) is 11.6 Å². The maximum Gasteiger partial charge on any atom is 0.143 e. The molecule has 1 aromatic rings. The van der Waals surface area contributed by atoms with E-state index < -0.39 is 0 Å². The Bertz CT molecular complexity index is 387. The van der Waals surface area contributed by atoms with Crippen molar-refractivity contribution in [1.29, 1.82) is 0 Å². The van der Waals surface area contributed by atoms with Gasteiger partial charge < -0.3 is 5.32 Å². The van der Waals surface area contributed by atoms with Crippen molar-refractivity contribution in [2.75, 3.05) is 5.32 Å². The van der Waals surface area contributed by atoms with E-state index >= 15 is 0 Å². The van der Waals surface area contributed by atoms with Crippen molar-refractivity contribution in [3.05, 3.63) is 29.0 Å². The van der Waals surface area contributed by atoms with E-state index in [1.54, 1.807) is 6.07 Å². The average Bonchev–Trinajstić information content (AvgIpc) is 3.14. The lowest BCUT2D eigenvalue weighted by Crippen LogP contribution is -2.24. The third kappa shape index (κ3) is 2.17. The molecule has 0 aliphatic heterocycles. The summed E-state index contributed by atoms with van der Waals surface area (Å²) >= 11 is 5.66. The first kappa shape index (κ1) is 10.4. The van der Waals surface area contributed by atoms with Crippen molar-refractivity contribution >= 4 is 17.3 Å². The third-order valence-corrected chi connectivity index (χ3v) is 3.82. The standard InChI is InChI=1S/C13H15ClFN/c14-11-6-5-10(7-12(11)15)16-13(8-1-2-8)9-3-4-9/h5-9,13,16H,1-4H2. The van der Waals surface area contributed by atoms with Gasteiger partial charge in [0, 0.05) is 11.7 Å². The van der Waals surface area contributed by atoms with E-state index in [9.17, 15) is 4.39 Å². The number of anilines is 1. The number of benzene rings is 1. The summed E-state index contributed by atoms with van der Waals surface area (Å²) in [6.45, 7) is 0. The highest BCUT2D eigenvalue weighted by Crippen LogP contribution is 2.45. The first-order valence-electron chi connectivity index (χ1n) is 5.95. The number of rotatable bonds is 4. The Kier molecular flexibility index (Phi) is 2.55. The fraction of sp³-hybridized carbons (Fsp3) is 0.538. The zero-order valence-corrected chi connectivity index (χ0v) is 9.80. The average molecular weight is 240 g/mol. The van der Waals surface area contributed by atoms with Crippen molar-refractivity contribution < 1.29 is 4.39 Å². The number of halogens is 2. The van der Waals surface area contributed by atoms with Gasteiger partial charge in [-0.1, -0.05) is 11.6 Å². The summed E-state index contributed by atoms with van der Waals surface area (Å²) in [5, 5.41) is 3.67. The van der Waals surface area contributed by atoms with E-state index in [-0.39, 0.29) is 10.8 Å². The first-order chi connectivity index (χ1) is 7.74. The van der Waals surface area contributed by atoms with Crippen LogP contribution in [0, 0.1) is 17.7 Å². The van der Waals surface area contributed by atoms with Crippen molar-refractivity contribution in [1.82, 2.24) is 0 Å². The minimum absolute atomic E-state index is 0.194. The van der Waals surface area contributed by atoms with Crippen LogP contribution >= 0.6 is 11.6 Å². The summed E-state index contributed by atoms with van der Waals surface area (Å²) in [4.78, 5) is 0. The van der Waals surface area contributed by atoms with Crippen LogP contribution in [-0.4, -0.2) is 6.04 Å². The molecule has 86 valence electrons. The van der Waals surface area contributed by atoms with Crippen LogP contribution in [0.5, 0.6) is 0 Å². The van der Waals surface area contributed by atoms with Gasteiger partial charge in [-0.3, -0.25) is 0 Å². The molecule has 0 saturated heterocycles. The Morgan fingerprint density at radius 1 is 1.19 bits per heavy atom. The second-order valence-corrected chi connectivity index (χ2v) is 5.38. The molecule has 1 nitrogen and oxygen atoms in total. The number of hydrogen-bond acceptors (Lipinski definition) is 1. The van der Waals surface area contributed by atoms with Crippen molar-refractivity contribution in [3.63, 3.8) is 0 Å². The van der Waals surface area contributed by atoms with Gasteiger partial charge in [-0.15, -0.1) is 0 Å². The minimum atomic E-state index is -0.336. The maximum atomic E-state index is 13.3. The molecule has 0 spiro atoms. The highest BCUT2D eigenvalue weighted by atomic mass is 35.5. The van der Waals surface area contributed by atoms with Crippen LogP contribution in [0.25, 0.3) is 0 Å². The molecule has 16 heavy (non-hydrogen) atoms. The molecule has 2 saturated carbocycles. The first-order valence-corrected chi connectivity index (χ1v) is 6.33. The number of nitrogens with one attached hydrogen (secondary N) is 1. The summed E-state index contributed by atoms with van der Waals surface area (Å²) in [7, 11) is 0. The lowest BCUT2D eigenvalue weighted by molar-refractivity contribution is 0.566. The molecule has 1 aromatic carbocycles. The van der Waals surface area contributed by atoms with Crippen molar-refractivity contribution in [2.24, 2.45) is 11.8 Å². The molecular formula is C13H15ClFN. The van der Waals surface area contributed by atoms with Crippen LogP contribution in [-0.2, 0) is 0 Å². The highest BCUT2D eigenvalue weighted by molar-refractivity contribution is 6.30. The summed E-state index contributed by atoms with van der Waals surface area (Å²) < 4.78 is 13.3. The summed E-state index contributed by atoms with van der Waals surface area (Å²) in [5.41, 5.74) is 0.866. The molecule has 1 N–H and O–H groups in total. The second kappa shape index (κ2) is 3.92. The molecule has 3 heteroatoms. The van der Waals surface area contributed by atoms with Gasteiger partial charge in [-0.25, -0.2) is 4.39 Å². The molecule has 2 aliphatic rings. The molecule has 2 aliphatic carbocycles. The summed E-state index contributed by atoms with van der Waals surface area (Å²) in [6.07, 6.45) is 5.29. The van der Waals surface area contributed by atoms with Crippen molar-refractivity contribution in [3.8, 4) is 0 Å². The van der Waals surface area contributed by atoms with Crippen molar-refractivity contribution in [2.45, 2.75) is 31.7 Å². The minimum Gasteiger partial charge on any atom is -0.382 e. The Morgan fingerprint density at radius 3 is 2.31 bits per heavy atom. The van der Waals surface area contributed by atoms with Crippen LogP contribution in [0.1, 0.15) is 25.7 Å². The molecule has 0 atom stereocenters. The van der Waals surface area contributed by atoms with Gasteiger partial charge in [-0.2, -0.15) is 0 Å². The Labute approximate surface area is 100.0 Å². The van der Waals surface area contributed by atoms with Crippen LogP contribution in [0.4, 0.5) is 10.1 Å². The van der Waals surface area contributed by atoms with Gasteiger partial charge in [0.05, 0.1) is 5.02 Å². The van der Waals surface area contributed by atoms with Gasteiger partial charge in [-0.05, 0) is 55.7 Å². The van der Waals surface area contributed by atoms with Gasteiger partial charge in [0.2, 0.25) is 0 Å². The van der Waals surface area contributed by atoms with Gasteiger partial charge in [0.1, 0.15) is 5.82 Å². The van der Waals surface area contributed by atoms with Crippen LogP contribution in [0.3, 0.4) is 0 Å². The zero-order chi connectivity index (χ0) is 11.1. The highest BCUT2D eigenvalue weighted by Gasteiger charge is 2.41. The molecule has 0 unspecified atom stereocenters. The van der Waals surface area contributed by atoms with E-state index in [0.717, 1.165) is 17.5 Å². The molecule has 0 heterocycles. The molecule has 2 fully saturated rings. The van der Waals surface area contributed by atoms with E-state index in [2.05, 4.69) is 5.32 Å². The van der Waals surface area contributed by atoms with Crippen LogP contribution in [0.2, 0.25) is 5.02 Å². The van der Waals surface area contributed by atoms with Crippen LogP contribution < -0.4 is 5.32 Å². The largest absolute Gasteiger partial charge is 0.382 e. The van der Waals surface area contributed by atoms with Gasteiger partial charge >= 0.3 is 0 Å². The SMILES string of the molecule is Fc1cc(NC(C2CC2)C2CC2)ccc1Cl. The Hall–Kier alpha value is -0.760. The van der Waals surface area contributed by atoms with E-state index in [0.29, 0.717) is 6.04 Å². The fourth-order valence-corrected chi connectivity index (χ4v) is 2.43. The molecule has 0 radical (unpaired) electrons. The maximum absolute atomic E-state index is 13.3. The second-order valence-electron chi connectivity index (χ2n) is 4.97. The Balaban J connectivity index is 1.73. The number of hydrogen-bond donors (Lipinski definition) is 1. The summed E-state index contributed by atoms with van der Waals surface area (Å²) in [5.74, 6) is 1.29. The quantitative estimate of drug-likeness (QED) is 0.835. The normalized spacial score (nSPS) is 20.2. The van der Waals surface area contributed by atoms with Crippen LogP contribution in [0.15, 0.2) is 18.2 Å². The lowest BCUT2D eigenvalue weighted by atomic mass is 10.1. The predicted molar refractivity (Wildman–Crippen MR) is 64.3 cm³/mol. The topological polar surface area (TPSA) is 12.0 Å². The van der Waals surface area contributed by atoms with E-state index in [1.807, 2.05) is 6.07 Å². The molecular weight excluding hydrogens is 225 g/mol. The molecule has 3 rings (SSSR count). The molecule has 0 aromatic heterocycles. The molecule has 0 bridgehead atoms. The zero-order valence-electron chi connectivity index (χ0n) is 9.05. The molecule has 0 amide bonds. The fourth-order valence-electron chi connectivity index (χ4n) is 2.31. The summed E-state index contributed by atoms with van der Waals surface area (Å²) in [6, 6.07) is 5.54. The van der Waals surface area contributed by atoms with Gasteiger partial charge in [0.15, 0.2) is 0 Å². The van der Waals surface area contributed by atoms with E-state index in [1.165, 1.54) is 31.7 Å². The van der Waals surface area contributed by atoms with Gasteiger partial charge in [0.25, 0.3) is 0 Å². The third-order valence-electron chi connectivity index (χ3n) is 3.51. The monoisotopic (exact) mass is 239 g/mol. The predicted octanol–water partition coefficient (Wildman–Crippen LogP) is 4.08. The lowest BCUT2D eigenvalue weighted by Gasteiger charge is -2.19. The Morgan fingerprint density at radius 2 is 1.81 bits per heavy atom. The smallest absolute Gasteiger partial charge is 0.143 e.